The first kappa shape index (κ1) is 32.8. The molecule has 0 saturated carbocycles. The zero-order chi connectivity index (χ0) is 34.0. The highest BCUT2D eigenvalue weighted by molar-refractivity contribution is 7.86. The number of Topliss-reactive ketones (excluding diaryl/α,β-unsaturated/α-hetero) is 1. The summed E-state index contributed by atoms with van der Waals surface area (Å²) < 4.78 is 95.2. The van der Waals surface area contributed by atoms with E-state index in [0.717, 1.165) is 17.0 Å². The second kappa shape index (κ2) is 11.0. The van der Waals surface area contributed by atoms with Crippen molar-refractivity contribution < 1.29 is 59.3 Å². The Morgan fingerprint density at radius 3 is 2.30 bits per heavy atom. The van der Waals surface area contributed by atoms with Gasteiger partial charge in [-0.3, -0.25) is 14.1 Å². The molecule has 0 saturated heterocycles. The minimum absolute atomic E-state index is 0.0396. The molecule has 3 aromatic rings. The summed E-state index contributed by atoms with van der Waals surface area (Å²) in [5.74, 6) is -16.4. The van der Waals surface area contributed by atoms with Gasteiger partial charge < -0.3 is 19.5 Å². The normalized spacial score (nSPS) is 18.8. The number of benzene rings is 1. The summed E-state index contributed by atoms with van der Waals surface area (Å²) in [7, 11) is -4.48. The fourth-order valence-corrected chi connectivity index (χ4v) is 6.31. The van der Waals surface area contributed by atoms with Gasteiger partial charge in [0, 0.05) is 59.1 Å². The van der Waals surface area contributed by atoms with Gasteiger partial charge in [0.05, 0.1) is 17.5 Å². The molecule has 0 bridgehead atoms. The summed E-state index contributed by atoms with van der Waals surface area (Å²) in [5.41, 5.74) is -1.26. The van der Waals surface area contributed by atoms with Crippen molar-refractivity contribution in [3.8, 4) is 11.1 Å². The molecule has 1 aliphatic heterocycles. The van der Waals surface area contributed by atoms with Gasteiger partial charge in [0.15, 0.2) is 18.1 Å². The number of carbonyl (C=O) groups excluding carboxylic acids is 1. The van der Waals surface area contributed by atoms with Crippen molar-refractivity contribution in [1.82, 2.24) is 0 Å². The number of aliphatic carboxylic acids is 1. The van der Waals surface area contributed by atoms with E-state index in [4.69, 9.17) is 9.52 Å². The topological polar surface area (TPSA) is 169 Å². The lowest BCUT2D eigenvalue weighted by Gasteiger charge is -2.43. The van der Waals surface area contributed by atoms with Crippen molar-refractivity contribution in [1.29, 1.82) is 0 Å². The van der Waals surface area contributed by atoms with Crippen LogP contribution in [0.4, 0.5) is 23.2 Å². The lowest BCUT2D eigenvalue weighted by Crippen LogP contribution is -2.57. The van der Waals surface area contributed by atoms with E-state index in [9.17, 15) is 50.0 Å². The Morgan fingerprint density at radius 1 is 1.07 bits per heavy atom. The number of nitrogens with zero attached hydrogens (tertiary/aromatic N) is 2. The van der Waals surface area contributed by atoms with Crippen LogP contribution in [-0.4, -0.2) is 59.5 Å². The van der Waals surface area contributed by atoms with E-state index < -0.39 is 68.5 Å². The molecule has 0 amide bonds. The maximum Gasteiger partial charge on any atom is 0.371 e. The standard InChI is InChI=1S/C30H26F4N2O9S/c1-28(2)14-18(15-46(42,43)44)19-10-17-11-20(27(41)45-23(17)12-21(19)36(28)7-3-4-25(38)39)16-5-8-35(9-6-16)22-13-24(37)29(31,32)30(33,34)26(22)40/h5-6,8-12,14H,3-4,7,13,15H2,1-2H3,(H2-,38,39,40,42,43,44). The number of hydrogen-bond acceptors (Lipinski definition) is 8. The second-order valence-electron chi connectivity index (χ2n) is 11.6. The molecule has 0 radical (unpaired) electrons. The lowest BCUT2D eigenvalue weighted by molar-refractivity contribution is -0.590. The third-order valence-electron chi connectivity index (χ3n) is 7.89. The Kier molecular flexibility index (Phi) is 7.88. The third kappa shape index (κ3) is 5.77. The van der Waals surface area contributed by atoms with Crippen LogP contribution in [0.15, 0.2) is 63.8 Å². The fourth-order valence-electron chi connectivity index (χ4n) is 5.68. The number of anilines is 1. The molecule has 5 rings (SSSR count). The van der Waals surface area contributed by atoms with E-state index in [1.165, 1.54) is 24.3 Å². The van der Waals surface area contributed by atoms with Crippen molar-refractivity contribution in [2.45, 2.75) is 50.5 Å². The number of carboxylic acid groups (broad SMARTS) is 1. The van der Waals surface area contributed by atoms with Crippen LogP contribution in [0.1, 0.15) is 38.7 Å². The van der Waals surface area contributed by atoms with E-state index in [1.54, 1.807) is 26.0 Å². The minimum Gasteiger partial charge on any atom is -0.867 e. The minimum atomic E-state index is -5.23. The molecule has 46 heavy (non-hydrogen) atoms. The van der Waals surface area contributed by atoms with Crippen LogP contribution in [0.5, 0.6) is 0 Å². The number of pyridine rings is 1. The predicted molar refractivity (Wildman–Crippen MR) is 154 cm³/mol. The van der Waals surface area contributed by atoms with Gasteiger partial charge in [-0.25, -0.2) is 4.79 Å². The number of aromatic nitrogens is 1. The highest BCUT2D eigenvalue weighted by Crippen LogP contribution is 2.45. The van der Waals surface area contributed by atoms with Crippen molar-refractivity contribution in [3.63, 3.8) is 0 Å². The number of halogens is 4. The van der Waals surface area contributed by atoms with Crippen LogP contribution in [0.25, 0.3) is 33.4 Å². The molecule has 2 N–H and O–H groups in total. The molecule has 2 aromatic heterocycles. The summed E-state index contributed by atoms with van der Waals surface area (Å²) in [6.45, 7) is 3.79. The number of hydrogen-bond donors (Lipinski definition) is 2. The second-order valence-corrected chi connectivity index (χ2v) is 13.0. The van der Waals surface area contributed by atoms with Crippen LogP contribution in [0.2, 0.25) is 0 Å². The van der Waals surface area contributed by atoms with E-state index in [-0.39, 0.29) is 41.7 Å². The van der Waals surface area contributed by atoms with E-state index in [0.29, 0.717) is 16.6 Å². The van der Waals surface area contributed by atoms with E-state index >= 15 is 0 Å². The average molecular weight is 667 g/mol. The summed E-state index contributed by atoms with van der Waals surface area (Å²) in [5, 5.41) is 21.6. The van der Waals surface area contributed by atoms with Gasteiger partial charge in [-0.05, 0) is 38.0 Å². The Balaban J connectivity index is 1.58. The van der Waals surface area contributed by atoms with Crippen LogP contribution in [0.3, 0.4) is 0 Å². The predicted octanol–water partition coefficient (Wildman–Crippen LogP) is 3.25. The number of carbonyl (C=O) groups is 2. The molecule has 0 unspecified atom stereocenters. The van der Waals surface area contributed by atoms with Crippen molar-refractivity contribution in [3.05, 3.63) is 70.5 Å². The smallest absolute Gasteiger partial charge is 0.371 e. The molecule has 0 fully saturated rings. The molecule has 0 atom stereocenters. The number of fused-ring (bicyclic) bond motifs is 2. The zero-order valence-corrected chi connectivity index (χ0v) is 25.0. The Hall–Kier alpha value is -4.57. The van der Waals surface area contributed by atoms with E-state index in [2.05, 4.69) is 0 Å². The number of carboxylic acids is 1. The summed E-state index contributed by atoms with van der Waals surface area (Å²) in [6, 6.07) is 6.91. The molecule has 3 heterocycles. The highest BCUT2D eigenvalue weighted by Gasteiger charge is 2.65. The summed E-state index contributed by atoms with van der Waals surface area (Å²) in [4.78, 5) is 37.8. The first-order valence-electron chi connectivity index (χ1n) is 13.7. The first-order valence-corrected chi connectivity index (χ1v) is 15.3. The van der Waals surface area contributed by atoms with E-state index in [1.807, 2.05) is 4.90 Å². The molecule has 1 aromatic carbocycles. The van der Waals surface area contributed by atoms with Gasteiger partial charge in [-0.1, -0.05) is 6.08 Å². The monoisotopic (exact) mass is 666 g/mol. The number of rotatable bonds is 8. The van der Waals surface area contributed by atoms with Crippen molar-refractivity contribution in [2.75, 3.05) is 17.2 Å². The molecule has 16 heteroatoms. The molecule has 0 spiro atoms. The number of allylic oxidation sites excluding steroid dienone is 2. The first-order chi connectivity index (χ1) is 21.2. The maximum absolute atomic E-state index is 14.0. The highest BCUT2D eigenvalue weighted by atomic mass is 32.2. The van der Waals surface area contributed by atoms with Gasteiger partial charge in [-0.15, -0.1) is 0 Å². The SMILES string of the molecule is CC1(C)C=C(CS(=O)(=O)O)c2cc3cc(-c4cc[n+](C5=C([O-])C(F)(F)C(F)(F)C(=O)C5)cc4)c(=O)oc3cc2N1CCCC(=O)O. The molecule has 244 valence electrons. The lowest BCUT2D eigenvalue weighted by atomic mass is 9.87. The number of alkyl halides is 4. The fraction of sp³-hybridized carbons (Fsp3) is 0.333. The summed E-state index contributed by atoms with van der Waals surface area (Å²) in [6.07, 6.45) is 2.61. The van der Waals surface area contributed by atoms with Gasteiger partial charge in [-0.2, -0.15) is 30.5 Å². The van der Waals surface area contributed by atoms with Crippen molar-refractivity contribution in [2.24, 2.45) is 0 Å². The zero-order valence-electron chi connectivity index (χ0n) is 24.2. The van der Waals surface area contributed by atoms with Gasteiger partial charge in [0.1, 0.15) is 11.3 Å². The Bertz CT molecular complexity index is 2020. The van der Waals surface area contributed by atoms with Crippen LogP contribution >= 0.6 is 0 Å². The quantitative estimate of drug-likeness (QED) is 0.158. The van der Waals surface area contributed by atoms with Gasteiger partial charge in [0.2, 0.25) is 5.78 Å². The van der Waals surface area contributed by atoms with Gasteiger partial charge in [0.25, 0.3) is 10.1 Å². The molecule has 1 aliphatic carbocycles. The van der Waals surface area contributed by atoms with Crippen LogP contribution < -0.4 is 20.2 Å². The maximum atomic E-state index is 14.0. The molecule has 11 nitrogen and oxygen atoms in total. The Labute approximate surface area is 258 Å². The summed E-state index contributed by atoms with van der Waals surface area (Å²) >= 11 is 0. The molecular formula is C30H26F4N2O9S. The van der Waals surface area contributed by atoms with Crippen LogP contribution in [-0.2, 0) is 19.7 Å². The Morgan fingerprint density at radius 2 is 1.70 bits per heavy atom. The third-order valence-corrected chi connectivity index (χ3v) is 8.57. The van der Waals surface area contributed by atoms with Crippen LogP contribution in [0, 0.1) is 0 Å². The van der Waals surface area contributed by atoms with Crippen molar-refractivity contribution >= 4 is 49.8 Å². The average Bonchev–Trinajstić information content (AvgIpc) is 2.94. The molecule has 2 aliphatic rings. The van der Waals surface area contributed by atoms with Gasteiger partial charge >= 0.3 is 23.4 Å². The number of ketones is 1. The molecular weight excluding hydrogens is 640 g/mol. The largest absolute Gasteiger partial charge is 0.867 e.